The summed E-state index contributed by atoms with van der Waals surface area (Å²) in [5, 5.41) is 5.86. The molecule has 1 saturated heterocycles. The highest BCUT2D eigenvalue weighted by atomic mass is 32.1. The van der Waals surface area contributed by atoms with Crippen molar-refractivity contribution in [2.24, 2.45) is 0 Å². The van der Waals surface area contributed by atoms with Crippen LogP contribution in [0.3, 0.4) is 0 Å². The van der Waals surface area contributed by atoms with Crippen molar-refractivity contribution in [1.82, 2.24) is 15.1 Å². The van der Waals surface area contributed by atoms with E-state index in [0.717, 1.165) is 13.1 Å². The Balaban J connectivity index is 1.65. The van der Waals surface area contributed by atoms with Crippen LogP contribution in [0.1, 0.15) is 46.0 Å². The number of rotatable bonds is 4. The Labute approximate surface area is 183 Å². The fraction of sp³-hybridized carbons (Fsp3) is 0.348. The topological polar surface area (TPSA) is 64.7 Å². The van der Waals surface area contributed by atoms with Crippen LogP contribution in [0.25, 0.3) is 0 Å². The number of hydrogen-bond donors (Lipinski definition) is 2. The summed E-state index contributed by atoms with van der Waals surface area (Å²) in [7, 11) is 2.05. The molecule has 1 heterocycles. The molecule has 0 aromatic heterocycles. The third-order valence-electron chi connectivity index (χ3n) is 5.26. The molecule has 0 spiro atoms. The van der Waals surface area contributed by atoms with Crippen molar-refractivity contribution < 1.29 is 9.59 Å². The van der Waals surface area contributed by atoms with E-state index in [2.05, 4.69) is 36.4 Å². The summed E-state index contributed by atoms with van der Waals surface area (Å²) in [5.41, 5.74) is 2.83. The Kier molecular flexibility index (Phi) is 7.18. The molecule has 158 valence electrons. The predicted octanol–water partition coefficient (Wildman–Crippen LogP) is 3.32. The number of thiocarbonyl (C=S) groups is 1. The van der Waals surface area contributed by atoms with E-state index < -0.39 is 0 Å². The molecule has 1 fully saturated rings. The molecule has 2 amide bonds. The van der Waals surface area contributed by atoms with Crippen LogP contribution in [0.4, 0.5) is 5.69 Å². The number of para-hydroxylation sites is 1. The number of anilines is 1. The monoisotopic (exact) mass is 424 g/mol. The van der Waals surface area contributed by atoms with Gasteiger partial charge in [0.15, 0.2) is 5.11 Å². The summed E-state index contributed by atoms with van der Waals surface area (Å²) < 4.78 is 0. The largest absolute Gasteiger partial charge is 0.336 e. The Morgan fingerprint density at radius 3 is 2.23 bits per heavy atom. The van der Waals surface area contributed by atoms with Crippen LogP contribution >= 0.6 is 12.2 Å². The normalized spacial score (nSPS) is 14.5. The second-order valence-corrected chi connectivity index (χ2v) is 8.23. The van der Waals surface area contributed by atoms with Crippen molar-refractivity contribution in [1.29, 1.82) is 0 Å². The van der Waals surface area contributed by atoms with Crippen LogP contribution in [-0.2, 0) is 0 Å². The average Bonchev–Trinajstić information content (AvgIpc) is 2.74. The van der Waals surface area contributed by atoms with E-state index in [1.54, 1.807) is 24.3 Å². The van der Waals surface area contributed by atoms with Gasteiger partial charge >= 0.3 is 0 Å². The lowest BCUT2D eigenvalue weighted by molar-refractivity contribution is 0.0665. The summed E-state index contributed by atoms with van der Waals surface area (Å²) in [6.45, 7) is 7.30. The zero-order chi connectivity index (χ0) is 21.7. The lowest BCUT2D eigenvalue weighted by Gasteiger charge is -2.32. The van der Waals surface area contributed by atoms with Crippen molar-refractivity contribution in [3.63, 3.8) is 0 Å². The third-order valence-corrected chi connectivity index (χ3v) is 5.47. The van der Waals surface area contributed by atoms with Crippen LogP contribution in [0.2, 0.25) is 0 Å². The number of carbonyl (C=O) groups is 2. The Hall–Kier alpha value is -2.77. The van der Waals surface area contributed by atoms with Crippen LogP contribution in [0.5, 0.6) is 0 Å². The number of likely N-dealkylation sites (N-methyl/N-ethyl adjacent to an activating group) is 1. The quantitative estimate of drug-likeness (QED) is 0.737. The van der Waals surface area contributed by atoms with Gasteiger partial charge in [0.2, 0.25) is 0 Å². The van der Waals surface area contributed by atoms with Gasteiger partial charge in [0, 0.05) is 31.7 Å². The van der Waals surface area contributed by atoms with Gasteiger partial charge in [0.25, 0.3) is 11.8 Å². The lowest BCUT2D eigenvalue weighted by atomic mass is 10.0. The van der Waals surface area contributed by atoms with Gasteiger partial charge in [-0.1, -0.05) is 38.1 Å². The smallest absolute Gasteiger partial charge is 0.257 e. The van der Waals surface area contributed by atoms with Crippen LogP contribution in [0.15, 0.2) is 48.5 Å². The third kappa shape index (κ3) is 5.43. The lowest BCUT2D eigenvalue weighted by Crippen LogP contribution is -2.47. The molecule has 0 aliphatic carbocycles. The van der Waals surface area contributed by atoms with E-state index in [9.17, 15) is 9.59 Å². The van der Waals surface area contributed by atoms with Gasteiger partial charge < -0.3 is 15.1 Å². The fourth-order valence-electron chi connectivity index (χ4n) is 3.31. The molecule has 30 heavy (non-hydrogen) atoms. The molecular formula is C23H28N4O2S. The molecule has 2 aromatic rings. The van der Waals surface area contributed by atoms with E-state index in [1.165, 1.54) is 5.56 Å². The van der Waals surface area contributed by atoms with Crippen LogP contribution in [-0.4, -0.2) is 60.0 Å². The summed E-state index contributed by atoms with van der Waals surface area (Å²) in [4.78, 5) is 29.5. The van der Waals surface area contributed by atoms with E-state index >= 15 is 0 Å². The van der Waals surface area contributed by atoms with Crippen molar-refractivity contribution in [3.05, 3.63) is 65.2 Å². The molecule has 2 N–H and O–H groups in total. The zero-order valence-corrected chi connectivity index (χ0v) is 18.5. The SMILES string of the molecule is CC(C)c1ccc(C(=O)NC(=S)Nc2ccccc2C(=O)N2CCN(C)CC2)cc1. The van der Waals surface area contributed by atoms with E-state index in [1.807, 2.05) is 29.2 Å². The fourth-order valence-corrected chi connectivity index (χ4v) is 3.51. The summed E-state index contributed by atoms with van der Waals surface area (Å²) in [6.07, 6.45) is 0. The molecule has 3 rings (SSSR count). The first-order valence-corrected chi connectivity index (χ1v) is 10.5. The molecule has 0 saturated carbocycles. The number of hydrogen-bond acceptors (Lipinski definition) is 4. The van der Waals surface area contributed by atoms with E-state index in [0.29, 0.717) is 35.8 Å². The number of nitrogens with zero attached hydrogens (tertiary/aromatic N) is 2. The molecular weight excluding hydrogens is 396 g/mol. The highest BCUT2D eigenvalue weighted by Gasteiger charge is 2.22. The average molecular weight is 425 g/mol. The number of benzene rings is 2. The molecule has 0 unspecified atom stereocenters. The van der Waals surface area contributed by atoms with Crippen molar-refractivity contribution >= 4 is 34.8 Å². The maximum atomic E-state index is 13.0. The van der Waals surface area contributed by atoms with Gasteiger partial charge in [0.1, 0.15) is 0 Å². The van der Waals surface area contributed by atoms with Crippen LogP contribution in [0, 0.1) is 0 Å². The molecule has 1 aliphatic rings. The minimum absolute atomic E-state index is 0.0374. The second-order valence-electron chi connectivity index (χ2n) is 7.83. The summed E-state index contributed by atoms with van der Waals surface area (Å²) in [6, 6.07) is 14.7. The van der Waals surface area contributed by atoms with Gasteiger partial charge in [-0.3, -0.25) is 14.9 Å². The maximum Gasteiger partial charge on any atom is 0.257 e. The Bertz CT molecular complexity index is 919. The highest BCUT2D eigenvalue weighted by Crippen LogP contribution is 2.19. The van der Waals surface area contributed by atoms with Crippen LogP contribution < -0.4 is 10.6 Å². The van der Waals surface area contributed by atoms with Gasteiger partial charge in [-0.25, -0.2) is 0 Å². The first kappa shape index (κ1) is 21.9. The molecule has 7 heteroatoms. The maximum absolute atomic E-state index is 13.0. The van der Waals surface area contributed by atoms with Crippen molar-refractivity contribution in [2.75, 3.05) is 38.5 Å². The molecule has 0 radical (unpaired) electrons. The standard InChI is InChI=1S/C23H28N4O2S/c1-16(2)17-8-10-18(11-9-17)21(28)25-23(30)24-20-7-5-4-6-19(20)22(29)27-14-12-26(3)13-15-27/h4-11,16H,12-15H2,1-3H3,(H2,24,25,28,30). The van der Waals surface area contributed by atoms with Gasteiger partial charge in [-0.05, 0) is 55.0 Å². The first-order valence-electron chi connectivity index (χ1n) is 10.1. The number of piperazine rings is 1. The van der Waals surface area contributed by atoms with Gasteiger partial charge in [-0.15, -0.1) is 0 Å². The number of amides is 2. The highest BCUT2D eigenvalue weighted by molar-refractivity contribution is 7.80. The number of nitrogens with one attached hydrogen (secondary N) is 2. The van der Waals surface area contributed by atoms with Gasteiger partial charge in [-0.2, -0.15) is 0 Å². The van der Waals surface area contributed by atoms with E-state index in [4.69, 9.17) is 12.2 Å². The predicted molar refractivity (Wildman–Crippen MR) is 124 cm³/mol. The Morgan fingerprint density at radius 2 is 1.60 bits per heavy atom. The Morgan fingerprint density at radius 1 is 0.967 bits per heavy atom. The second kappa shape index (κ2) is 9.82. The first-order chi connectivity index (χ1) is 14.3. The number of carbonyl (C=O) groups excluding carboxylic acids is 2. The van der Waals surface area contributed by atoms with Crippen molar-refractivity contribution in [2.45, 2.75) is 19.8 Å². The minimum Gasteiger partial charge on any atom is -0.336 e. The van der Waals surface area contributed by atoms with E-state index in [-0.39, 0.29) is 16.9 Å². The molecule has 0 atom stereocenters. The summed E-state index contributed by atoms with van der Waals surface area (Å²) in [5.74, 6) is 0.0782. The minimum atomic E-state index is -0.286. The molecule has 0 bridgehead atoms. The van der Waals surface area contributed by atoms with Crippen molar-refractivity contribution in [3.8, 4) is 0 Å². The molecule has 1 aliphatic heterocycles. The zero-order valence-electron chi connectivity index (χ0n) is 17.6. The molecule has 2 aromatic carbocycles. The molecule has 6 nitrogen and oxygen atoms in total. The summed E-state index contributed by atoms with van der Waals surface area (Å²) >= 11 is 5.32. The van der Waals surface area contributed by atoms with Gasteiger partial charge in [0.05, 0.1) is 11.3 Å².